The molecule has 7 nitrogen and oxygen atoms in total. The number of hydrogen-bond acceptors (Lipinski definition) is 5. The summed E-state index contributed by atoms with van der Waals surface area (Å²) in [6.45, 7) is 1.90. The maximum absolute atomic E-state index is 13.9. The van der Waals surface area contributed by atoms with Crippen molar-refractivity contribution in [3.8, 4) is 0 Å². The van der Waals surface area contributed by atoms with Crippen LogP contribution in [0.3, 0.4) is 0 Å². The molecule has 0 spiro atoms. The van der Waals surface area contributed by atoms with Gasteiger partial charge in [-0.25, -0.2) is 0 Å². The summed E-state index contributed by atoms with van der Waals surface area (Å²) in [5.41, 5.74) is 1.28. The quantitative estimate of drug-likeness (QED) is 0.261. The summed E-state index contributed by atoms with van der Waals surface area (Å²) < 4.78 is 0. The summed E-state index contributed by atoms with van der Waals surface area (Å²) in [5, 5.41) is 15.2. The van der Waals surface area contributed by atoms with Crippen LogP contribution < -0.4 is 10.2 Å². The number of aliphatic hydroxyl groups is 1. The van der Waals surface area contributed by atoms with Crippen LogP contribution in [-0.4, -0.2) is 33.2 Å². The van der Waals surface area contributed by atoms with E-state index in [0.717, 1.165) is 16.5 Å². The van der Waals surface area contributed by atoms with E-state index in [1.165, 1.54) is 4.90 Å². The largest absolute Gasteiger partial charge is 0.507 e. The van der Waals surface area contributed by atoms with Gasteiger partial charge in [0.15, 0.2) is 5.54 Å². The van der Waals surface area contributed by atoms with Crippen molar-refractivity contribution < 1.29 is 19.5 Å². The summed E-state index contributed by atoms with van der Waals surface area (Å²) in [7, 11) is 0. The van der Waals surface area contributed by atoms with Crippen LogP contribution in [0.1, 0.15) is 16.8 Å². The van der Waals surface area contributed by atoms with E-state index in [-0.39, 0.29) is 12.0 Å². The van der Waals surface area contributed by atoms with Gasteiger partial charge >= 0.3 is 5.91 Å². The number of Topliss-reactive ketones (excluding diaryl/α,β-unsaturated/α-hetero) is 1. The van der Waals surface area contributed by atoms with E-state index in [0.29, 0.717) is 22.6 Å². The van der Waals surface area contributed by atoms with Gasteiger partial charge in [0.2, 0.25) is 0 Å². The summed E-state index contributed by atoms with van der Waals surface area (Å²) in [5.74, 6) is -2.76. The Bertz CT molecular complexity index is 1620. The highest BCUT2D eigenvalue weighted by molar-refractivity contribution is 6.55. The number of nitrogens with one attached hydrogen (secondary N) is 1. The molecule has 0 aliphatic carbocycles. The number of nitrogens with zero attached hydrogens (tertiary/aromatic N) is 2. The highest BCUT2D eigenvalue weighted by Crippen LogP contribution is 2.48. The molecule has 2 N–H and O–H groups in total. The number of aryl methyl sites for hydroxylation is 1. The maximum atomic E-state index is 13.9. The zero-order valence-corrected chi connectivity index (χ0v) is 19.4. The van der Waals surface area contributed by atoms with Gasteiger partial charge in [-0.05, 0) is 31.2 Å². The van der Waals surface area contributed by atoms with Gasteiger partial charge in [-0.1, -0.05) is 66.2 Å². The van der Waals surface area contributed by atoms with Crippen molar-refractivity contribution in [2.45, 2.75) is 18.9 Å². The Labute approximate surface area is 206 Å². The Morgan fingerprint density at radius 1 is 0.917 bits per heavy atom. The molecular weight excluding hydrogens is 454 g/mol. The third-order valence-corrected chi connectivity index (χ3v) is 6.84. The predicted molar refractivity (Wildman–Crippen MR) is 136 cm³/mol. The minimum Gasteiger partial charge on any atom is -0.507 e. The van der Waals surface area contributed by atoms with Crippen LogP contribution in [0.15, 0.2) is 90.5 Å². The molecule has 0 bridgehead atoms. The highest BCUT2D eigenvalue weighted by Gasteiger charge is 2.64. The van der Waals surface area contributed by atoms with Gasteiger partial charge < -0.3 is 10.4 Å². The number of benzene rings is 3. The number of amides is 2. The first-order valence-corrected chi connectivity index (χ1v) is 11.5. The monoisotopic (exact) mass is 475 g/mol. The molecule has 6 rings (SSSR count). The number of carbonyl (C=O) groups excluding carboxylic acids is 3. The molecule has 4 aromatic rings. The fourth-order valence-electron chi connectivity index (χ4n) is 5.09. The summed E-state index contributed by atoms with van der Waals surface area (Å²) in [6.07, 6.45) is -0.0965. The Hall–Kier alpha value is -4.78. The standard InChI is InChI=1S/C29H21N3O4/c1-17-10-12-19(13-11-17)25(33)24-26(34)27(35)32-23-9-5-4-8-22(23)31-28(36)29(24,32)16-20-15-14-18-6-2-3-7-21(18)30-20/h2-15,33H,16H2,1H3,(H,31,36)/b25-24-. The van der Waals surface area contributed by atoms with Crippen molar-refractivity contribution >= 4 is 45.6 Å². The molecule has 3 heterocycles. The normalized spacial score (nSPS) is 20.2. The summed E-state index contributed by atoms with van der Waals surface area (Å²) in [4.78, 5) is 46.8. The zero-order chi connectivity index (χ0) is 25.0. The van der Waals surface area contributed by atoms with Gasteiger partial charge in [-0.2, -0.15) is 0 Å². The first kappa shape index (κ1) is 21.7. The zero-order valence-electron chi connectivity index (χ0n) is 19.4. The predicted octanol–water partition coefficient (Wildman–Crippen LogP) is 4.36. The third kappa shape index (κ3) is 3.06. The van der Waals surface area contributed by atoms with Crippen LogP contribution in [0.2, 0.25) is 0 Å². The fourth-order valence-corrected chi connectivity index (χ4v) is 5.09. The lowest BCUT2D eigenvalue weighted by molar-refractivity contribution is -0.132. The average molecular weight is 476 g/mol. The molecule has 0 radical (unpaired) electrons. The van der Waals surface area contributed by atoms with Crippen LogP contribution in [0.4, 0.5) is 11.4 Å². The third-order valence-electron chi connectivity index (χ3n) is 6.84. The molecule has 2 amide bonds. The van der Waals surface area contributed by atoms with E-state index in [1.807, 2.05) is 37.3 Å². The lowest BCUT2D eigenvalue weighted by Crippen LogP contribution is -2.60. The topological polar surface area (TPSA) is 99.6 Å². The smallest absolute Gasteiger partial charge is 0.300 e. The number of para-hydroxylation sites is 3. The summed E-state index contributed by atoms with van der Waals surface area (Å²) >= 11 is 0. The van der Waals surface area contributed by atoms with Crippen molar-refractivity contribution in [1.29, 1.82) is 0 Å². The number of aromatic nitrogens is 1. The Morgan fingerprint density at radius 2 is 1.64 bits per heavy atom. The van der Waals surface area contributed by atoms with Crippen LogP contribution in [0, 0.1) is 6.92 Å². The average Bonchev–Trinajstić information content (AvgIpc) is 3.11. The lowest BCUT2D eigenvalue weighted by Gasteiger charge is -2.41. The Kier molecular flexibility index (Phi) is 4.76. The van der Waals surface area contributed by atoms with Gasteiger partial charge in [0, 0.05) is 23.1 Å². The Balaban J connectivity index is 1.62. The van der Waals surface area contributed by atoms with Crippen molar-refractivity contribution in [2.24, 2.45) is 0 Å². The van der Waals surface area contributed by atoms with Crippen LogP contribution in [-0.2, 0) is 20.8 Å². The molecule has 0 saturated carbocycles. The van der Waals surface area contributed by atoms with E-state index >= 15 is 0 Å². The van der Waals surface area contributed by atoms with Crippen LogP contribution in [0.25, 0.3) is 16.7 Å². The number of ketones is 1. The molecule has 1 atom stereocenters. The number of hydrogen-bond donors (Lipinski definition) is 2. The fraction of sp³-hybridized carbons (Fsp3) is 0.103. The minimum absolute atomic E-state index is 0.0965. The molecule has 2 aliphatic rings. The van der Waals surface area contributed by atoms with Gasteiger partial charge in [0.25, 0.3) is 11.7 Å². The van der Waals surface area contributed by atoms with E-state index in [1.54, 1.807) is 54.6 Å². The van der Waals surface area contributed by atoms with Crippen LogP contribution >= 0.6 is 0 Å². The SMILES string of the molecule is Cc1ccc(/C(O)=C2\C(=O)C(=O)N3c4ccccc4NC(=O)C23Cc2ccc3ccccc3n2)cc1. The van der Waals surface area contributed by atoms with E-state index < -0.39 is 28.9 Å². The second-order valence-electron chi connectivity index (χ2n) is 9.06. The molecule has 7 heteroatoms. The van der Waals surface area contributed by atoms with E-state index in [2.05, 4.69) is 5.32 Å². The van der Waals surface area contributed by atoms with Crippen molar-refractivity contribution in [1.82, 2.24) is 4.98 Å². The Morgan fingerprint density at radius 3 is 2.44 bits per heavy atom. The molecule has 1 fully saturated rings. The first-order chi connectivity index (χ1) is 17.4. The van der Waals surface area contributed by atoms with Gasteiger partial charge in [0.05, 0.1) is 22.5 Å². The number of fused-ring (bicyclic) bond motifs is 4. The van der Waals surface area contributed by atoms with E-state index in [9.17, 15) is 19.5 Å². The van der Waals surface area contributed by atoms with Gasteiger partial charge in [-0.3, -0.25) is 24.3 Å². The van der Waals surface area contributed by atoms with E-state index in [4.69, 9.17) is 4.98 Å². The number of pyridine rings is 1. The van der Waals surface area contributed by atoms with Gasteiger partial charge in [-0.15, -0.1) is 0 Å². The minimum atomic E-state index is -1.81. The molecule has 1 saturated heterocycles. The number of rotatable bonds is 3. The molecule has 3 aromatic carbocycles. The maximum Gasteiger partial charge on any atom is 0.300 e. The van der Waals surface area contributed by atoms with Crippen LogP contribution in [0.5, 0.6) is 0 Å². The number of aliphatic hydroxyl groups excluding tert-OH is 1. The second kappa shape index (κ2) is 7.88. The summed E-state index contributed by atoms with van der Waals surface area (Å²) in [6, 6.07) is 24.9. The van der Waals surface area contributed by atoms with Crippen molar-refractivity contribution in [2.75, 3.05) is 10.2 Å². The second-order valence-corrected chi connectivity index (χ2v) is 9.06. The van der Waals surface area contributed by atoms with Crippen molar-refractivity contribution in [3.05, 3.63) is 107 Å². The molecule has 1 unspecified atom stereocenters. The van der Waals surface area contributed by atoms with Gasteiger partial charge in [0.1, 0.15) is 5.76 Å². The lowest BCUT2D eigenvalue weighted by atomic mass is 9.80. The molecule has 176 valence electrons. The first-order valence-electron chi connectivity index (χ1n) is 11.5. The number of anilines is 2. The number of carbonyl (C=O) groups is 3. The van der Waals surface area contributed by atoms with Crippen molar-refractivity contribution in [3.63, 3.8) is 0 Å². The molecule has 1 aromatic heterocycles. The molecule has 2 aliphatic heterocycles. The molecule has 36 heavy (non-hydrogen) atoms. The molecular formula is C29H21N3O4. The highest BCUT2D eigenvalue weighted by atomic mass is 16.3.